The van der Waals surface area contributed by atoms with E-state index < -0.39 is 10.0 Å². The van der Waals surface area contributed by atoms with Gasteiger partial charge in [0.15, 0.2) is 0 Å². The van der Waals surface area contributed by atoms with Gasteiger partial charge in [-0.2, -0.15) is 0 Å². The molecule has 0 amide bonds. The average Bonchev–Trinajstić information content (AvgIpc) is 3.60. The van der Waals surface area contributed by atoms with E-state index >= 15 is 0 Å². The third-order valence-corrected chi connectivity index (χ3v) is 16.3. The SMILES string of the molecule is C=Cc1ccc(S2(c3ccc(C=C)cc3)c3cc(C(C)(C)C)ccc3-c3c(N(c4ccc(-c5ccccc5)cc4)c4ccc(-c5ccccc5)cc4)cc(C(C)(C)C)cc32)cc1. The molecule has 306 valence electrons. The van der Waals surface area contributed by atoms with Crippen LogP contribution < -0.4 is 4.90 Å². The summed E-state index contributed by atoms with van der Waals surface area (Å²) in [6, 6.07) is 70.4. The summed E-state index contributed by atoms with van der Waals surface area (Å²) in [5.74, 6) is 0. The van der Waals surface area contributed by atoms with Crippen molar-refractivity contribution in [3.8, 4) is 33.4 Å². The van der Waals surface area contributed by atoms with Gasteiger partial charge in [-0.15, -0.1) is 10.0 Å². The molecule has 0 atom stereocenters. The largest absolute Gasteiger partial charge is 0.310 e. The zero-order valence-electron chi connectivity index (χ0n) is 36.8. The molecule has 1 aliphatic heterocycles. The van der Waals surface area contributed by atoms with Gasteiger partial charge in [-0.05, 0) is 128 Å². The van der Waals surface area contributed by atoms with Gasteiger partial charge < -0.3 is 4.90 Å². The second-order valence-corrected chi connectivity index (χ2v) is 21.4. The van der Waals surface area contributed by atoms with Crippen molar-refractivity contribution in [3.63, 3.8) is 0 Å². The lowest BCUT2D eigenvalue weighted by Gasteiger charge is -2.41. The molecule has 2 heteroatoms. The second kappa shape index (κ2) is 16.0. The Morgan fingerprint density at radius 3 is 1.26 bits per heavy atom. The summed E-state index contributed by atoms with van der Waals surface area (Å²) in [7, 11) is -2.05. The van der Waals surface area contributed by atoms with Crippen LogP contribution in [0.2, 0.25) is 0 Å². The van der Waals surface area contributed by atoms with Crippen LogP contribution in [-0.4, -0.2) is 0 Å². The van der Waals surface area contributed by atoms with E-state index in [1.165, 1.54) is 69.8 Å². The number of hydrogen-bond donors (Lipinski definition) is 0. The molecule has 0 N–H and O–H groups in total. The Hall–Kier alpha value is -6.61. The molecule has 1 heterocycles. The lowest BCUT2D eigenvalue weighted by Crippen LogP contribution is -2.16. The molecule has 0 saturated carbocycles. The minimum atomic E-state index is -2.05. The van der Waals surface area contributed by atoms with Crippen LogP contribution in [0.3, 0.4) is 0 Å². The fourth-order valence-electron chi connectivity index (χ4n) is 8.84. The van der Waals surface area contributed by atoms with Crippen molar-refractivity contribution >= 4 is 39.2 Å². The maximum absolute atomic E-state index is 4.13. The van der Waals surface area contributed by atoms with Crippen molar-refractivity contribution in [1.82, 2.24) is 0 Å². The van der Waals surface area contributed by atoms with Crippen molar-refractivity contribution in [3.05, 3.63) is 223 Å². The summed E-state index contributed by atoms with van der Waals surface area (Å²) >= 11 is 0. The summed E-state index contributed by atoms with van der Waals surface area (Å²) in [4.78, 5) is 7.87. The van der Waals surface area contributed by atoms with E-state index in [1.54, 1.807) is 0 Å². The maximum Gasteiger partial charge on any atom is 0.0554 e. The smallest absolute Gasteiger partial charge is 0.0554 e. The van der Waals surface area contributed by atoms with Gasteiger partial charge in [-0.3, -0.25) is 0 Å². The lowest BCUT2D eigenvalue weighted by atomic mass is 9.84. The van der Waals surface area contributed by atoms with Crippen LogP contribution in [0, 0.1) is 0 Å². The molecule has 62 heavy (non-hydrogen) atoms. The van der Waals surface area contributed by atoms with Crippen LogP contribution in [0.25, 0.3) is 45.5 Å². The van der Waals surface area contributed by atoms with Crippen molar-refractivity contribution in [2.45, 2.75) is 72.0 Å². The highest BCUT2D eigenvalue weighted by Crippen LogP contribution is 2.81. The van der Waals surface area contributed by atoms with Crippen LogP contribution >= 0.6 is 10.0 Å². The first-order chi connectivity index (χ1) is 29.9. The molecule has 0 radical (unpaired) electrons. The quantitative estimate of drug-likeness (QED) is 0.140. The Morgan fingerprint density at radius 1 is 0.419 bits per heavy atom. The Bertz CT molecular complexity index is 2760. The zero-order valence-corrected chi connectivity index (χ0v) is 37.6. The van der Waals surface area contributed by atoms with E-state index in [9.17, 15) is 0 Å². The highest BCUT2D eigenvalue weighted by Gasteiger charge is 2.45. The van der Waals surface area contributed by atoms with Gasteiger partial charge >= 0.3 is 0 Å². The van der Waals surface area contributed by atoms with Crippen molar-refractivity contribution in [1.29, 1.82) is 0 Å². The van der Waals surface area contributed by atoms with Gasteiger partial charge in [0, 0.05) is 36.5 Å². The number of rotatable bonds is 9. The minimum Gasteiger partial charge on any atom is -0.310 e. The van der Waals surface area contributed by atoms with E-state index in [0.29, 0.717) is 0 Å². The number of anilines is 3. The van der Waals surface area contributed by atoms with E-state index in [-0.39, 0.29) is 10.8 Å². The van der Waals surface area contributed by atoms with Gasteiger partial charge in [-0.25, -0.2) is 0 Å². The summed E-state index contributed by atoms with van der Waals surface area (Å²) in [5.41, 5.74) is 15.4. The van der Waals surface area contributed by atoms with Gasteiger partial charge in [-0.1, -0.05) is 188 Å². The first-order valence-corrected chi connectivity index (χ1v) is 23.3. The molecule has 0 aromatic heterocycles. The average molecular weight is 822 g/mol. The normalized spacial score (nSPS) is 13.5. The number of nitrogens with zero attached hydrogens (tertiary/aromatic N) is 1. The minimum absolute atomic E-state index is 0.0547. The van der Waals surface area contributed by atoms with Crippen molar-refractivity contribution in [2.75, 3.05) is 4.90 Å². The van der Waals surface area contributed by atoms with Crippen LogP contribution in [0.1, 0.15) is 63.8 Å². The highest BCUT2D eigenvalue weighted by molar-refractivity contribution is 8.34. The summed E-state index contributed by atoms with van der Waals surface area (Å²) in [6.45, 7) is 22.3. The molecule has 0 aliphatic carbocycles. The Balaban J connectivity index is 1.40. The van der Waals surface area contributed by atoms with E-state index in [0.717, 1.165) is 22.5 Å². The monoisotopic (exact) mass is 821 g/mol. The number of benzene rings is 8. The first kappa shape index (κ1) is 40.8. The molecule has 0 bridgehead atoms. The third-order valence-electron chi connectivity index (χ3n) is 12.4. The van der Waals surface area contributed by atoms with Gasteiger partial charge in [0.2, 0.25) is 0 Å². The topological polar surface area (TPSA) is 3.24 Å². The van der Waals surface area contributed by atoms with Crippen LogP contribution in [0.15, 0.2) is 221 Å². The van der Waals surface area contributed by atoms with Gasteiger partial charge in [0.05, 0.1) is 5.69 Å². The van der Waals surface area contributed by atoms with Crippen molar-refractivity contribution < 1.29 is 0 Å². The molecule has 8 aromatic carbocycles. The third kappa shape index (κ3) is 7.23. The first-order valence-electron chi connectivity index (χ1n) is 21.6. The maximum atomic E-state index is 4.13. The Morgan fingerprint density at radius 2 is 0.839 bits per heavy atom. The number of hydrogen-bond acceptors (Lipinski definition) is 1. The molecule has 0 spiro atoms. The lowest BCUT2D eigenvalue weighted by molar-refractivity contribution is 0.588. The summed E-state index contributed by atoms with van der Waals surface area (Å²) < 4.78 is 0. The number of fused-ring (bicyclic) bond motifs is 3. The van der Waals surface area contributed by atoms with Gasteiger partial charge in [0.25, 0.3) is 0 Å². The van der Waals surface area contributed by atoms with E-state index in [1.807, 2.05) is 12.2 Å². The molecule has 0 saturated heterocycles. The van der Waals surface area contributed by atoms with E-state index in [4.69, 9.17) is 0 Å². The predicted octanol–water partition coefficient (Wildman–Crippen LogP) is 17.7. The summed E-state index contributed by atoms with van der Waals surface area (Å²) in [5, 5.41) is 0. The van der Waals surface area contributed by atoms with Gasteiger partial charge in [0.1, 0.15) is 0 Å². The Kier molecular flexibility index (Phi) is 10.5. The molecule has 1 nitrogen and oxygen atoms in total. The molecule has 1 aliphatic rings. The molecular formula is C60H55NS. The summed E-state index contributed by atoms with van der Waals surface area (Å²) in [6.07, 6.45) is 3.89. The van der Waals surface area contributed by atoms with Crippen LogP contribution in [0.5, 0.6) is 0 Å². The Labute approximate surface area is 371 Å². The van der Waals surface area contributed by atoms with E-state index in [2.05, 4.69) is 248 Å². The molecule has 0 unspecified atom stereocenters. The molecular weight excluding hydrogens is 767 g/mol. The predicted molar refractivity (Wildman–Crippen MR) is 269 cm³/mol. The highest BCUT2D eigenvalue weighted by atomic mass is 32.3. The van der Waals surface area contributed by atoms with Crippen molar-refractivity contribution in [2.24, 2.45) is 0 Å². The zero-order chi connectivity index (χ0) is 43.2. The van der Waals surface area contributed by atoms with Crippen LogP contribution in [0.4, 0.5) is 17.1 Å². The molecule has 9 rings (SSSR count). The molecule has 8 aromatic rings. The standard InChI is InChI=1S/C60H55NS/c1-9-42-21-34-52(35-22-42)62(53-36-23-43(10-2)24-37-53)56-40-48(59(3,4)5)29-38-54(56)58-55(39-49(41-57(58)62)60(6,7)8)61(50-30-25-46(26-31-50)44-17-13-11-14-18-44)51-32-27-47(28-33-51)45-19-15-12-16-20-45/h9-41H,1-2H2,3-8H3. The second-order valence-electron chi connectivity index (χ2n) is 18.4. The van der Waals surface area contributed by atoms with Crippen LogP contribution in [-0.2, 0) is 10.8 Å². The fourth-order valence-corrected chi connectivity index (χ4v) is 13.1. The fraction of sp³-hybridized carbons (Fsp3) is 0.133. The molecule has 0 fully saturated rings.